The molecule has 19 heavy (non-hydrogen) atoms. The highest BCUT2D eigenvalue weighted by Gasteiger charge is 2.31. The molecule has 7 heteroatoms. The molecule has 0 aliphatic rings. The average Bonchev–Trinajstić information content (AvgIpc) is 2.25. The number of nitrogens with zero attached hydrogens (tertiary/aromatic N) is 2. The minimum atomic E-state index is -4.43. The van der Waals surface area contributed by atoms with Crippen molar-refractivity contribution in [3.05, 3.63) is 28.8 Å². The van der Waals surface area contributed by atoms with Crippen molar-refractivity contribution in [1.29, 1.82) is 5.26 Å². The SMILES string of the molecule is CC(=O)CN(CC(F)(F)F)c1ccc(C#N)c(Cl)c1. The second-order valence-electron chi connectivity index (χ2n) is 3.95. The fourth-order valence-corrected chi connectivity index (χ4v) is 1.73. The highest BCUT2D eigenvalue weighted by molar-refractivity contribution is 6.32. The summed E-state index contributed by atoms with van der Waals surface area (Å²) in [7, 11) is 0. The monoisotopic (exact) mass is 290 g/mol. The van der Waals surface area contributed by atoms with E-state index in [-0.39, 0.29) is 22.8 Å². The third kappa shape index (κ3) is 4.79. The van der Waals surface area contributed by atoms with E-state index in [9.17, 15) is 18.0 Å². The van der Waals surface area contributed by atoms with E-state index in [1.54, 1.807) is 0 Å². The van der Waals surface area contributed by atoms with Crippen molar-refractivity contribution in [3.63, 3.8) is 0 Å². The largest absolute Gasteiger partial charge is 0.405 e. The molecular weight excluding hydrogens is 281 g/mol. The predicted molar refractivity (Wildman–Crippen MR) is 65.1 cm³/mol. The standard InChI is InChI=1S/C12H10ClF3N2O/c1-8(19)6-18(7-12(14,15)16)10-3-2-9(5-17)11(13)4-10/h2-4H,6-7H2,1H3. The minimum Gasteiger partial charge on any atom is -0.355 e. The van der Waals surface area contributed by atoms with Crippen LogP contribution < -0.4 is 4.90 Å². The zero-order valence-corrected chi connectivity index (χ0v) is 10.7. The van der Waals surface area contributed by atoms with Crippen molar-refractivity contribution >= 4 is 23.1 Å². The highest BCUT2D eigenvalue weighted by atomic mass is 35.5. The Balaban J connectivity index is 3.07. The van der Waals surface area contributed by atoms with Crippen LogP contribution in [0.3, 0.4) is 0 Å². The lowest BCUT2D eigenvalue weighted by Crippen LogP contribution is -2.37. The van der Waals surface area contributed by atoms with Gasteiger partial charge in [-0.3, -0.25) is 4.79 Å². The number of benzene rings is 1. The van der Waals surface area contributed by atoms with Gasteiger partial charge in [-0.05, 0) is 25.1 Å². The van der Waals surface area contributed by atoms with Crippen LogP contribution in [0.15, 0.2) is 18.2 Å². The molecule has 0 fully saturated rings. The van der Waals surface area contributed by atoms with Crippen LogP contribution >= 0.6 is 11.6 Å². The molecule has 3 nitrogen and oxygen atoms in total. The number of carbonyl (C=O) groups is 1. The number of carbonyl (C=O) groups excluding carboxylic acids is 1. The van der Waals surface area contributed by atoms with E-state index < -0.39 is 18.5 Å². The molecule has 0 radical (unpaired) electrons. The van der Waals surface area contributed by atoms with Crippen LogP contribution in [0.2, 0.25) is 5.02 Å². The third-order valence-electron chi connectivity index (χ3n) is 2.22. The number of hydrogen-bond acceptors (Lipinski definition) is 3. The molecule has 0 spiro atoms. The van der Waals surface area contributed by atoms with Crippen LogP contribution in [0.1, 0.15) is 12.5 Å². The number of alkyl halides is 3. The van der Waals surface area contributed by atoms with Crippen LogP contribution in [0.4, 0.5) is 18.9 Å². The van der Waals surface area contributed by atoms with Gasteiger partial charge in [0.1, 0.15) is 18.4 Å². The normalized spacial score (nSPS) is 10.9. The van der Waals surface area contributed by atoms with Crippen molar-refractivity contribution in [1.82, 2.24) is 0 Å². The van der Waals surface area contributed by atoms with Crippen LogP contribution in [0.25, 0.3) is 0 Å². The lowest BCUT2D eigenvalue weighted by molar-refractivity contribution is -0.122. The van der Waals surface area contributed by atoms with Gasteiger partial charge in [0.2, 0.25) is 0 Å². The van der Waals surface area contributed by atoms with Crippen LogP contribution in [-0.4, -0.2) is 25.0 Å². The Labute approximate surface area is 113 Å². The molecule has 0 N–H and O–H groups in total. The van der Waals surface area contributed by atoms with E-state index in [1.165, 1.54) is 25.1 Å². The Hall–Kier alpha value is -1.74. The lowest BCUT2D eigenvalue weighted by Gasteiger charge is -2.25. The van der Waals surface area contributed by atoms with Crippen LogP contribution in [0.5, 0.6) is 0 Å². The Morgan fingerprint density at radius 3 is 2.53 bits per heavy atom. The first-order valence-corrected chi connectivity index (χ1v) is 5.61. The molecule has 0 aliphatic carbocycles. The maximum absolute atomic E-state index is 12.4. The summed E-state index contributed by atoms with van der Waals surface area (Å²) in [6.07, 6.45) is -4.43. The molecule has 0 aromatic heterocycles. The summed E-state index contributed by atoms with van der Waals surface area (Å²) in [6, 6.07) is 5.71. The molecule has 1 rings (SSSR count). The number of halogens is 4. The van der Waals surface area contributed by atoms with E-state index in [0.717, 1.165) is 4.90 Å². The summed E-state index contributed by atoms with van der Waals surface area (Å²) in [5.41, 5.74) is 0.316. The maximum Gasteiger partial charge on any atom is 0.405 e. The Morgan fingerprint density at radius 1 is 1.47 bits per heavy atom. The van der Waals surface area contributed by atoms with Crippen LogP contribution in [-0.2, 0) is 4.79 Å². The van der Waals surface area contributed by atoms with Gasteiger partial charge in [0.15, 0.2) is 0 Å². The van der Waals surface area contributed by atoms with Crippen molar-refractivity contribution in [3.8, 4) is 6.07 Å². The van der Waals surface area contributed by atoms with Crippen molar-refractivity contribution in [2.45, 2.75) is 13.1 Å². The Morgan fingerprint density at radius 2 is 2.11 bits per heavy atom. The van der Waals surface area contributed by atoms with Gasteiger partial charge in [-0.15, -0.1) is 0 Å². The van der Waals surface area contributed by atoms with E-state index in [4.69, 9.17) is 16.9 Å². The molecule has 1 aromatic carbocycles. The van der Waals surface area contributed by atoms with E-state index in [2.05, 4.69) is 0 Å². The molecule has 0 amide bonds. The van der Waals surface area contributed by atoms with Gasteiger partial charge in [-0.25, -0.2) is 0 Å². The number of rotatable bonds is 4. The fraction of sp³-hybridized carbons (Fsp3) is 0.333. The topological polar surface area (TPSA) is 44.1 Å². The molecular formula is C12H10ClF3N2O. The molecule has 0 unspecified atom stereocenters. The van der Waals surface area contributed by atoms with E-state index in [0.29, 0.717) is 0 Å². The zero-order valence-electron chi connectivity index (χ0n) is 9.96. The summed E-state index contributed by atoms with van der Waals surface area (Å²) in [4.78, 5) is 11.9. The van der Waals surface area contributed by atoms with Gasteiger partial charge in [-0.2, -0.15) is 18.4 Å². The number of nitriles is 1. The molecule has 102 valence electrons. The first-order chi connectivity index (χ1) is 8.73. The Kier molecular flexibility index (Phi) is 4.78. The summed E-state index contributed by atoms with van der Waals surface area (Å²) >= 11 is 5.77. The summed E-state index contributed by atoms with van der Waals surface area (Å²) in [6.45, 7) is -0.425. The van der Waals surface area contributed by atoms with E-state index in [1.807, 2.05) is 6.07 Å². The number of ketones is 1. The van der Waals surface area contributed by atoms with Gasteiger partial charge in [0.25, 0.3) is 0 Å². The van der Waals surface area contributed by atoms with E-state index >= 15 is 0 Å². The number of anilines is 1. The molecule has 0 saturated carbocycles. The molecule has 0 heterocycles. The van der Waals surface area contributed by atoms with Gasteiger partial charge in [0, 0.05) is 5.69 Å². The second kappa shape index (κ2) is 5.93. The maximum atomic E-state index is 12.4. The molecule has 1 aromatic rings. The molecule has 0 atom stereocenters. The van der Waals surface area contributed by atoms with Crippen molar-refractivity contribution in [2.24, 2.45) is 0 Å². The first kappa shape index (κ1) is 15.3. The van der Waals surface area contributed by atoms with Gasteiger partial charge >= 0.3 is 6.18 Å². The van der Waals surface area contributed by atoms with Crippen LogP contribution in [0, 0.1) is 11.3 Å². The zero-order chi connectivity index (χ0) is 14.6. The quantitative estimate of drug-likeness (QED) is 0.855. The summed E-state index contributed by atoms with van der Waals surface area (Å²) in [5, 5.41) is 8.75. The summed E-state index contributed by atoms with van der Waals surface area (Å²) < 4.78 is 37.3. The Bertz CT molecular complexity index is 523. The predicted octanol–water partition coefficient (Wildman–Crippen LogP) is 3.17. The van der Waals surface area contributed by atoms with Gasteiger partial charge in [0.05, 0.1) is 17.1 Å². The summed E-state index contributed by atoms with van der Waals surface area (Å²) in [5.74, 6) is -0.398. The molecule has 0 aliphatic heterocycles. The van der Waals surface area contributed by atoms with Gasteiger partial charge < -0.3 is 4.90 Å². The third-order valence-corrected chi connectivity index (χ3v) is 2.53. The molecule has 0 bridgehead atoms. The number of Topliss-reactive ketones (excluding diaryl/α,β-unsaturated/α-hetero) is 1. The fourth-order valence-electron chi connectivity index (χ4n) is 1.52. The smallest absolute Gasteiger partial charge is 0.355 e. The highest BCUT2D eigenvalue weighted by Crippen LogP contribution is 2.26. The minimum absolute atomic E-state index is 0.0516. The van der Waals surface area contributed by atoms with Gasteiger partial charge in [-0.1, -0.05) is 11.6 Å². The second-order valence-corrected chi connectivity index (χ2v) is 4.36. The van der Waals surface area contributed by atoms with Crippen molar-refractivity contribution in [2.75, 3.05) is 18.0 Å². The average molecular weight is 291 g/mol. The van der Waals surface area contributed by atoms with Crippen molar-refractivity contribution < 1.29 is 18.0 Å². The number of hydrogen-bond donors (Lipinski definition) is 0. The molecule has 0 saturated heterocycles. The lowest BCUT2D eigenvalue weighted by atomic mass is 10.2. The first-order valence-electron chi connectivity index (χ1n) is 5.23.